The molecule has 1 heterocycles. The van der Waals surface area contributed by atoms with Crippen LogP contribution in [-0.2, 0) is 5.33 Å². The summed E-state index contributed by atoms with van der Waals surface area (Å²) in [5.74, 6) is 0.811. The number of para-hydroxylation sites is 1. The van der Waals surface area contributed by atoms with Crippen molar-refractivity contribution in [2.45, 2.75) is 32.5 Å². The Hall–Kier alpha value is -0.500. The molecular weight excluding hydrogens is 274 g/mol. The van der Waals surface area contributed by atoms with Gasteiger partial charge in [-0.25, -0.2) is 0 Å². The number of alkyl halides is 1. The van der Waals surface area contributed by atoms with Crippen LogP contribution in [0.25, 0.3) is 0 Å². The van der Waals surface area contributed by atoms with E-state index in [1.54, 1.807) is 0 Å². The summed E-state index contributed by atoms with van der Waals surface area (Å²) < 4.78 is 0. The summed E-state index contributed by atoms with van der Waals surface area (Å²) in [6.45, 7) is 9.48. The minimum atomic E-state index is 0.429. The molecule has 94 valence electrons. The molecule has 1 fully saturated rings. The largest absolute Gasteiger partial charge is 0.371 e. The zero-order valence-electron chi connectivity index (χ0n) is 11.0. The van der Waals surface area contributed by atoms with Crippen molar-refractivity contribution in [3.05, 3.63) is 29.8 Å². The van der Waals surface area contributed by atoms with Crippen molar-refractivity contribution in [2.24, 2.45) is 11.3 Å². The predicted molar refractivity (Wildman–Crippen MR) is 78.8 cm³/mol. The van der Waals surface area contributed by atoms with Gasteiger partial charge in [0.2, 0.25) is 0 Å². The summed E-state index contributed by atoms with van der Waals surface area (Å²) in [7, 11) is 0. The van der Waals surface area contributed by atoms with E-state index in [0.29, 0.717) is 5.41 Å². The summed E-state index contributed by atoms with van der Waals surface area (Å²) >= 11 is 3.58. The van der Waals surface area contributed by atoms with Crippen LogP contribution in [0.3, 0.4) is 0 Å². The molecule has 0 N–H and O–H groups in total. The third kappa shape index (κ3) is 2.85. The van der Waals surface area contributed by atoms with Crippen LogP contribution in [0, 0.1) is 11.3 Å². The molecule has 0 bridgehead atoms. The van der Waals surface area contributed by atoms with Gasteiger partial charge in [-0.3, -0.25) is 0 Å². The molecule has 1 nitrogen and oxygen atoms in total. The zero-order chi connectivity index (χ0) is 12.5. The van der Waals surface area contributed by atoms with Crippen LogP contribution in [-0.4, -0.2) is 13.1 Å². The van der Waals surface area contributed by atoms with Crippen LogP contribution in [0.4, 0.5) is 5.69 Å². The standard InChI is InChI=1S/C15H22BrN/c1-15(2,3)13-8-9-17(11-13)14-7-5-4-6-12(14)10-16/h4-7,13H,8-11H2,1-3H3. The Kier molecular flexibility index (Phi) is 3.82. The van der Waals surface area contributed by atoms with Crippen LogP contribution >= 0.6 is 15.9 Å². The Morgan fingerprint density at radius 3 is 2.59 bits per heavy atom. The van der Waals surface area contributed by atoms with Crippen molar-refractivity contribution >= 4 is 21.6 Å². The molecule has 1 unspecified atom stereocenters. The maximum Gasteiger partial charge on any atom is 0.0407 e. The zero-order valence-corrected chi connectivity index (χ0v) is 12.6. The second-order valence-corrected chi connectivity index (χ2v) is 6.62. The monoisotopic (exact) mass is 295 g/mol. The van der Waals surface area contributed by atoms with E-state index in [4.69, 9.17) is 0 Å². The van der Waals surface area contributed by atoms with E-state index < -0.39 is 0 Å². The molecule has 0 radical (unpaired) electrons. The molecule has 1 aromatic carbocycles. The highest BCUT2D eigenvalue weighted by Crippen LogP contribution is 2.36. The minimum Gasteiger partial charge on any atom is -0.371 e. The Morgan fingerprint density at radius 1 is 1.29 bits per heavy atom. The first-order valence-electron chi connectivity index (χ1n) is 6.41. The Labute approximate surface area is 113 Å². The van der Waals surface area contributed by atoms with Crippen molar-refractivity contribution in [2.75, 3.05) is 18.0 Å². The summed E-state index contributed by atoms with van der Waals surface area (Å²) in [5, 5.41) is 0.944. The van der Waals surface area contributed by atoms with Gasteiger partial charge in [-0.2, -0.15) is 0 Å². The fourth-order valence-corrected chi connectivity index (χ4v) is 3.09. The number of hydrogen-bond acceptors (Lipinski definition) is 1. The third-order valence-electron chi connectivity index (χ3n) is 3.89. The van der Waals surface area contributed by atoms with Crippen molar-refractivity contribution in [1.82, 2.24) is 0 Å². The lowest BCUT2D eigenvalue weighted by molar-refractivity contribution is 0.263. The van der Waals surface area contributed by atoms with Crippen LogP contribution in [0.15, 0.2) is 24.3 Å². The average molecular weight is 296 g/mol. The van der Waals surface area contributed by atoms with Gasteiger partial charge >= 0.3 is 0 Å². The lowest BCUT2D eigenvalue weighted by Gasteiger charge is -2.28. The van der Waals surface area contributed by atoms with Crippen LogP contribution in [0.5, 0.6) is 0 Å². The molecule has 0 saturated carbocycles. The summed E-state index contributed by atoms with van der Waals surface area (Å²) in [6, 6.07) is 8.74. The molecule has 2 heteroatoms. The molecule has 1 atom stereocenters. The molecule has 0 aliphatic carbocycles. The van der Waals surface area contributed by atoms with E-state index in [-0.39, 0.29) is 0 Å². The molecule has 1 aromatic rings. The SMILES string of the molecule is CC(C)(C)C1CCN(c2ccccc2CBr)C1. The van der Waals surface area contributed by atoms with E-state index in [1.165, 1.54) is 30.8 Å². The molecular formula is C15H22BrN. The van der Waals surface area contributed by atoms with Gasteiger partial charge in [-0.1, -0.05) is 54.9 Å². The maximum absolute atomic E-state index is 3.58. The number of rotatable bonds is 2. The van der Waals surface area contributed by atoms with E-state index in [2.05, 4.69) is 65.9 Å². The first kappa shape index (κ1) is 12.9. The first-order chi connectivity index (χ1) is 8.02. The second-order valence-electron chi connectivity index (χ2n) is 6.06. The summed E-state index contributed by atoms with van der Waals surface area (Å²) in [4.78, 5) is 2.55. The van der Waals surface area contributed by atoms with Crippen LogP contribution in [0.2, 0.25) is 0 Å². The molecule has 1 aliphatic heterocycles. The molecule has 1 aliphatic rings. The normalized spacial score (nSPS) is 20.9. The van der Waals surface area contributed by atoms with Gasteiger partial charge in [0.1, 0.15) is 0 Å². The van der Waals surface area contributed by atoms with Gasteiger partial charge < -0.3 is 4.90 Å². The van der Waals surface area contributed by atoms with E-state index in [1.807, 2.05) is 0 Å². The molecule has 1 saturated heterocycles. The van der Waals surface area contributed by atoms with Gasteiger partial charge in [0.25, 0.3) is 0 Å². The highest BCUT2D eigenvalue weighted by atomic mass is 79.9. The van der Waals surface area contributed by atoms with Gasteiger partial charge in [0.05, 0.1) is 0 Å². The number of halogens is 1. The van der Waals surface area contributed by atoms with Crippen molar-refractivity contribution in [3.63, 3.8) is 0 Å². The smallest absolute Gasteiger partial charge is 0.0407 e. The topological polar surface area (TPSA) is 3.24 Å². The summed E-state index contributed by atoms with van der Waals surface area (Å²) in [6.07, 6.45) is 1.32. The third-order valence-corrected chi connectivity index (χ3v) is 4.49. The number of benzene rings is 1. The quantitative estimate of drug-likeness (QED) is 0.729. The highest BCUT2D eigenvalue weighted by Gasteiger charge is 2.32. The number of nitrogens with zero attached hydrogens (tertiary/aromatic N) is 1. The maximum atomic E-state index is 3.58. The van der Waals surface area contributed by atoms with Crippen molar-refractivity contribution < 1.29 is 0 Å². The van der Waals surface area contributed by atoms with Crippen LogP contribution < -0.4 is 4.90 Å². The lowest BCUT2D eigenvalue weighted by Crippen LogP contribution is -2.26. The lowest BCUT2D eigenvalue weighted by atomic mass is 9.80. The minimum absolute atomic E-state index is 0.429. The van der Waals surface area contributed by atoms with Crippen LogP contribution in [0.1, 0.15) is 32.8 Å². The van der Waals surface area contributed by atoms with Crippen molar-refractivity contribution in [3.8, 4) is 0 Å². The van der Waals surface area contributed by atoms with Crippen molar-refractivity contribution in [1.29, 1.82) is 0 Å². The number of hydrogen-bond donors (Lipinski definition) is 0. The molecule has 0 spiro atoms. The van der Waals surface area contributed by atoms with Gasteiger partial charge in [0, 0.05) is 24.1 Å². The van der Waals surface area contributed by atoms with Gasteiger partial charge in [-0.15, -0.1) is 0 Å². The molecule has 0 amide bonds. The fraction of sp³-hybridized carbons (Fsp3) is 0.600. The Morgan fingerprint density at radius 2 is 2.00 bits per heavy atom. The molecule has 0 aromatic heterocycles. The van der Waals surface area contributed by atoms with Gasteiger partial charge in [0.15, 0.2) is 0 Å². The second kappa shape index (κ2) is 5.01. The van der Waals surface area contributed by atoms with E-state index in [9.17, 15) is 0 Å². The Balaban J connectivity index is 2.15. The fourth-order valence-electron chi connectivity index (χ4n) is 2.62. The van der Waals surface area contributed by atoms with Gasteiger partial charge in [-0.05, 0) is 29.4 Å². The summed E-state index contributed by atoms with van der Waals surface area (Å²) in [5.41, 5.74) is 3.25. The molecule has 2 rings (SSSR count). The Bertz CT molecular complexity index is 381. The predicted octanol–water partition coefficient (Wildman–Crippen LogP) is 4.45. The average Bonchev–Trinajstić information content (AvgIpc) is 2.77. The molecule has 17 heavy (non-hydrogen) atoms. The highest BCUT2D eigenvalue weighted by molar-refractivity contribution is 9.08. The number of anilines is 1. The van der Waals surface area contributed by atoms with E-state index >= 15 is 0 Å². The first-order valence-corrected chi connectivity index (χ1v) is 7.53. The van der Waals surface area contributed by atoms with E-state index in [0.717, 1.165) is 11.2 Å².